The Morgan fingerprint density at radius 1 is 0.943 bits per heavy atom. The van der Waals surface area contributed by atoms with Gasteiger partial charge in [-0.1, -0.05) is 60.7 Å². The summed E-state index contributed by atoms with van der Waals surface area (Å²) >= 11 is 0. The average Bonchev–Trinajstić information content (AvgIpc) is 3.31. The third-order valence-electron chi connectivity index (χ3n) is 6.97. The number of aromatic nitrogens is 1. The van der Waals surface area contributed by atoms with E-state index < -0.39 is 6.04 Å². The second-order valence-corrected chi connectivity index (χ2v) is 9.37. The van der Waals surface area contributed by atoms with E-state index in [1.807, 2.05) is 42.6 Å². The van der Waals surface area contributed by atoms with E-state index in [1.54, 1.807) is 0 Å². The number of hydrogen-bond donors (Lipinski definition) is 4. The Morgan fingerprint density at radius 3 is 2.57 bits per heavy atom. The third kappa shape index (κ3) is 5.54. The largest absolute Gasteiger partial charge is 0.361 e. The fourth-order valence-electron chi connectivity index (χ4n) is 4.97. The molecule has 1 atom stereocenters. The van der Waals surface area contributed by atoms with Gasteiger partial charge in [-0.3, -0.25) is 9.59 Å². The van der Waals surface area contributed by atoms with E-state index in [-0.39, 0.29) is 17.7 Å². The molecule has 5 rings (SSSR count). The Kier molecular flexibility index (Phi) is 7.09. The Labute approximate surface area is 205 Å². The highest BCUT2D eigenvalue weighted by Gasteiger charge is 2.27. The first-order valence-electron chi connectivity index (χ1n) is 12.5. The van der Waals surface area contributed by atoms with Gasteiger partial charge in [-0.25, -0.2) is 0 Å². The molecule has 2 amide bonds. The van der Waals surface area contributed by atoms with Crippen molar-refractivity contribution >= 4 is 33.5 Å². The number of amides is 2. The van der Waals surface area contributed by atoms with Crippen LogP contribution in [0.3, 0.4) is 0 Å². The number of benzene rings is 3. The van der Waals surface area contributed by atoms with E-state index >= 15 is 0 Å². The molecule has 1 unspecified atom stereocenters. The summed E-state index contributed by atoms with van der Waals surface area (Å²) in [7, 11) is 0. The zero-order valence-corrected chi connectivity index (χ0v) is 19.8. The molecule has 1 aromatic heterocycles. The molecule has 4 N–H and O–H groups in total. The first kappa shape index (κ1) is 23.1. The number of rotatable bonds is 8. The summed E-state index contributed by atoms with van der Waals surface area (Å²) in [6, 6.07) is 22.0. The van der Waals surface area contributed by atoms with Gasteiger partial charge in [-0.2, -0.15) is 0 Å². The van der Waals surface area contributed by atoms with Crippen LogP contribution in [0, 0.1) is 5.92 Å². The van der Waals surface area contributed by atoms with Crippen LogP contribution in [-0.2, 0) is 22.4 Å². The normalized spacial score (nSPS) is 15.2. The van der Waals surface area contributed by atoms with Crippen LogP contribution in [0.4, 0.5) is 0 Å². The van der Waals surface area contributed by atoms with Crippen LogP contribution >= 0.6 is 0 Å². The number of piperidine rings is 1. The summed E-state index contributed by atoms with van der Waals surface area (Å²) in [5.41, 5.74) is 3.30. The summed E-state index contributed by atoms with van der Waals surface area (Å²) in [5.74, 6) is -0.210. The summed E-state index contributed by atoms with van der Waals surface area (Å²) in [6.07, 6.45) is 4.79. The second-order valence-electron chi connectivity index (χ2n) is 9.37. The van der Waals surface area contributed by atoms with Gasteiger partial charge in [0.2, 0.25) is 11.8 Å². The predicted molar refractivity (Wildman–Crippen MR) is 140 cm³/mol. The maximum absolute atomic E-state index is 13.3. The molecule has 0 radical (unpaired) electrons. The predicted octanol–water partition coefficient (Wildman–Crippen LogP) is 3.71. The minimum Gasteiger partial charge on any atom is -0.361 e. The average molecular weight is 469 g/mol. The number of hydrogen-bond acceptors (Lipinski definition) is 3. The second kappa shape index (κ2) is 10.7. The Morgan fingerprint density at radius 2 is 1.71 bits per heavy atom. The highest BCUT2D eigenvalue weighted by Crippen LogP contribution is 2.19. The minimum atomic E-state index is -0.610. The maximum atomic E-state index is 13.3. The smallest absolute Gasteiger partial charge is 0.242 e. The highest BCUT2D eigenvalue weighted by molar-refractivity contribution is 5.89. The highest BCUT2D eigenvalue weighted by atomic mass is 16.2. The summed E-state index contributed by atoms with van der Waals surface area (Å²) in [4.78, 5) is 29.6. The molecule has 0 bridgehead atoms. The number of fused-ring (bicyclic) bond motifs is 2. The molecule has 2 heterocycles. The van der Waals surface area contributed by atoms with Crippen molar-refractivity contribution in [3.8, 4) is 0 Å². The molecule has 4 aromatic rings. The van der Waals surface area contributed by atoms with Crippen molar-refractivity contribution in [2.45, 2.75) is 31.7 Å². The van der Waals surface area contributed by atoms with Crippen molar-refractivity contribution in [1.82, 2.24) is 20.9 Å². The van der Waals surface area contributed by atoms with E-state index in [4.69, 9.17) is 0 Å². The monoisotopic (exact) mass is 468 g/mol. The summed E-state index contributed by atoms with van der Waals surface area (Å²) in [5, 5.41) is 12.9. The van der Waals surface area contributed by atoms with Crippen LogP contribution in [0.1, 0.15) is 24.0 Å². The van der Waals surface area contributed by atoms with E-state index in [0.29, 0.717) is 13.0 Å². The van der Waals surface area contributed by atoms with E-state index in [2.05, 4.69) is 51.3 Å². The first-order chi connectivity index (χ1) is 17.2. The van der Waals surface area contributed by atoms with Gasteiger partial charge in [-0.05, 0) is 60.3 Å². The molecule has 3 aromatic carbocycles. The zero-order chi connectivity index (χ0) is 24.0. The van der Waals surface area contributed by atoms with Gasteiger partial charge >= 0.3 is 0 Å². The van der Waals surface area contributed by atoms with Crippen LogP contribution in [0.25, 0.3) is 21.7 Å². The third-order valence-corrected chi connectivity index (χ3v) is 6.97. The van der Waals surface area contributed by atoms with Gasteiger partial charge in [0.05, 0.1) is 0 Å². The quantitative estimate of drug-likeness (QED) is 0.318. The SMILES string of the molecule is O=C(NC(Cc1ccc2ccccc2c1)C(=O)NCCc1c[nH]c2ccccc12)C1CCNCC1. The van der Waals surface area contributed by atoms with Crippen molar-refractivity contribution < 1.29 is 9.59 Å². The van der Waals surface area contributed by atoms with E-state index in [9.17, 15) is 9.59 Å². The topological polar surface area (TPSA) is 86.0 Å². The van der Waals surface area contributed by atoms with Gasteiger partial charge in [0.1, 0.15) is 6.04 Å². The minimum absolute atomic E-state index is 0.0240. The van der Waals surface area contributed by atoms with Crippen LogP contribution in [0.15, 0.2) is 72.9 Å². The van der Waals surface area contributed by atoms with E-state index in [1.165, 1.54) is 10.9 Å². The summed E-state index contributed by atoms with van der Waals surface area (Å²) in [6.45, 7) is 2.19. The first-order valence-corrected chi connectivity index (χ1v) is 12.5. The van der Waals surface area contributed by atoms with Crippen molar-refractivity contribution in [3.05, 3.63) is 84.1 Å². The standard InChI is InChI=1S/C29H32N4O2/c34-28(22-11-14-30-15-12-22)33-27(18-20-9-10-21-5-1-2-6-23(21)17-20)29(35)31-16-13-24-19-32-26-8-4-3-7-25(24)26/h1-10,17,19,22,27,30,32H,11-16,18H2,(H,31,35)(H,33,34). The molecule has 180 valence electrons. The Balaban J connectivity index is 1.28. The molecule has 1 aliphatic heterocycles. The molecule has 0 aliphatic carbocycles. The molecule has 1 aliphatic rings. The lowest BCUT2D eigenvalue weighted by Crippen LogP contribution is -2.51. The number of H-pyrrole nitrogens is 1. The number of nitrogens with one attached hydrogen (secondary N) is 4. The lowest BCUT2D eigenvalue weighted by Gasteiger charge is -2.25. The van der Waals surface area contributed by atoms with Gasteiger partial charge in [-0.15, -0.1) is 0 Å². The number of para-hydroxylation sites is 1. The molecule has 1 fully saturated rings. The van der Waals surface area contributed by atoms with Crippen molar-refractivity contribution in [1.29, 1.82) is 0 Å². The molecule has 0 spiro atoms. The van der Waals surface area contributed by atoms with Gasteiger partial charge in [0, 0.05) is 36.0 Å². The van der Waals surface area contributed by atoms with E-state index in [0.717, 1.165) is 54.2 Å². The van der Waals surface area contributed by atoms with Gasteiger partial charge in [0.25, 0.3) is 0 Å². The maximum Gasteiger partial charge on any atom is 0.242 e. The van der Waals surface area contributed by atoms with Crippen LogP contribution in [-0.4, -0.2) is 42.5 Å². The summed E-state index contributed by atoms with van der Waals surface area (Å²) < 4.78 is 0. The van der Waals surface area contributed by atoms with Crippen molar-refractivity contribution in [2.75, 3.05) is 19.6 Å². The van der Waals surface area contributed by atoms with Crippen LogP contribution in [0.5, 0.6) is 0 Å². The number of aromatic amines is 1. The van der Waals surface area contributed by atoms with Crippen LogP contribution in [0.2, 0.25) is 0 Å². The molecule has 0 saturated carbocycles. The Bertz CT molecular complexity index is 1320. The van der Waals surface area contributed by atoms with Crippen LogP contribution < -0.4 is 16.0 Å². The molecule has 6 nitrogen and oxygen atoms in total. The fourth-order valence-corrected chi connectivity index (χ4v) is 4.97. The zero-order valence-electron chi connectivity index (χ0n) is 19.8. The molecule has 6 heteroatoms. The lowest BCUT2D eigenvalue weighted by atomic mass is 9.95. The van der Waals surface area contributed by atoms with Crippen molar-refractivity contribution in [3.63, 3.8) is 0 Å². The molecular weight excluding hydrogens is 436 g/mol. The number of carbonyl (C=O) groups excluding carboxylic acids is 2. The molecular formula is C29H32N4O2. The fraction of sp³-hybridized carbons (Fsp3) is 0.310. The number of carbonyl (C=O) groups is 2. The Hall–Kier alpha value is -3.64. The van der Waals surface area contributed by atoms with Gasteiger partial charge in [0.15, 0.2) is 0 Å². The van der Waals surface area contributed by atoms with Crippen molar-refractivity contribution in [2.24, 2.45) is 5.92 Å². The van der Waals surface area contributed by atoms with Gasteiger partial charge < -0.3 is 20.9 Å². The lowest BCUT2D eigenvalue weighted by molar-refractivity contribution is -0.131. The molecule has 1 saturated heterocycles. The molecule has 35 heavy (non-hydrogen) atoms.